The van der Waals surface area contributed by atoms with Crippen LogP contribution in [0.2, 0.25) is 0 Å². The van der Waals surface area contributed by atoms with Gasteiger partial charge >= 0.3 is 0 Å². The third-order valence-electron chi connectivity index (χ3n) is 2.44. The number of nitro benzene ring substituents is 1. The zero-order chi connectivity index (χ0) is 14.0. The van der Waals surface area contributed by atoms with E-state index in [-0.39, 0.29) is 18.0 Å². The molecule has 1 aromatic carbocycles. The van der Waals surface area contributed by atoms with Crippen LogP contribution in [0.1, 0.15) is 0 Å². The van der Waals surface area contributed by atoms with E-state index in [4.69, 9.17) is 0 Å². The van der Waals surface area contributed by atoms with Crippen LogP contribution >= 0.6 is 0 Å². The first-order chi connectivity index (χ1) is 8.85. The monoisotopic (exact) mass is 284 g/mol. The largest absolute Gasteiger partial charge is 0.355 e. The number of H-pyrrole nitrogens is 1. The third kappa shape index (κ3) is 3.41. The summed E-state index contributed by atoms with van der Waals surface area (Å²) in [5.74, 6) is 0.378. The average Bonchev–Trinajstić information content (AvgIpc) is 2.68. The minimum absolute atomic E-state index is 0.00973. The number of sulfone groups is 1. The van der Waals surface area contributed by atoms with Crippen LogP contribution < -0.4 is 5.32 Å². The fourth-order valence-electron chi connectivity index (χ4n) is 1.55. The molecule has 9 heteroatoms. The first-order valence-electron chi connectivity index (χ1n) is 5.41. The molecule has 0 bridgehead atoms. The van der Waals surface area contributed by atoms with Gasteiger partial charge in [-0.15, -0.1) is 0 Å². The number of nitrogens with zero attached hydrogens (tertiary/aromatic N) is 2. The number of anilines is 1. The summed E-state index contributed by atoms with van der Waals surface area (Å²) in [5, 5.41) is 13.4. The topological polar surface area (TPSA) is 118 Å². The standard InChI is InChI=1S/C10H12N4O4S/c1-19(17,18)5-4-11-10-12-8-3-2-7(14(15)16)6-9(8)13-10/h2-3,6H,4-5H2,1H3,(H2,11,12,13). The predicted octanol–water partition coefficient (Wildman–Crippen LogP) is 0.928. The second-order valence-electron chi connectivity index (χ2n) is 4.10. The van der Waals surface area contributed by atoms with Crippen LogP contribution in [-0.2, 0) is 9.84 Å². The van der Waals surface area contributed by atoms with Gasteiger partial charge in [0.25, 0.3) is 5.69 Å². The smallest absolute Gasteiger partial charge is 0.271 e. The Bertz CT molecular complexity index is 722. The summed E-state index contributed by atoms with van der Waals surface area (Å²) in [7, 11) is -3.04. The van der Waals surface area contributed by atoms with Crippen LogP contribution in [0, 0.1) is 10.1 Å². The van der Waals surface area contributed by atoms with E-state index >= 15 is 0 Å². The van der Waals surface area contributed by atoms with Gasteiger partial charge in [0.05, 0.1) is 21.7 Å². The molecule has 0 saturated carbocycles. The van der Waals surface area contributed by atoms with Crippen molar-refractivity contribution in [2.75, 3.05) is 23.9 Å². The highest BCUT2D eigenvalue weighted by Crippen LogP contribution is 2.20. The molecule has 1 heterocycles. The Morgan fingerprint density at radius 2 is 2.21 bits per heavy atom. The molecule has 2 N–H and O–H groups in total. The van der Waals surface area contributed by atoms with Gasteiger partial charge in [0.15, 0.2) is 0 Å². The maximum Gasteiger partial charge on any atom is 0.271 e. The number of aromatic amines is 1. The van der Waals surface area contributed by atoms with Crippen molar-refractivity contribution in [3.8, 4) is 0 Å². The fraction of sp³-hybridized carbons (Fsp3) is 0.300. The molecular weight excluding hydrogens is 272 g/mol. The Hall–Kier alpha value is -2.16. The Labute approximate surface area is 108 Å². The Morgan fingerprint density at radius 3 is 2.84 bits per heavy atom. The Balaban J connectivity index is 2.15. The van der Waals surface area contributed by atoms with E-state index in [2.05, 4.69) is 15.3 Å². The molecule has 0 saturated heterocycles. The van der Waals surface area contributed by atoms with E-state index in [1.54, 1.807) is 0 Å². The van der Waals surface area contributed by atoms with Crippen molar-refractivity contribution in [2.45, 2.75) is 0 Å². The normalized spacial score (nSPS) is 11.6. The molecule has 0 unspecified atom stereocenters. The SMILES string of the molecule is CS(=O)(=O)CCNc1nc2ccc([N+](=O)[O-])cc2[nH]1. The lowest BCUT2D eigenvalue weighted by Crippen LogP contribution is -2.14. The van der Waals surface area contributed by atoms with Gasteiger partial charge in [-0.05, 0) is 6.07 Å². The summed E-state index contributed by atoms with van der Waals surface area (Å²) in [4.78, 5) is 17.1. The molecular formula is C10H12N4O4S. The van der Waals surface area contributed by atoms with E-state index in [1.807, 2.05) is 0 Å². The molecule has 19 heavy (non-hydrogen) atoms. The second kappa shape index (κ2) is 4.84. The molecule has 102 valence electrons. The van der Waals surface area contributed by atoms with E-state index < -0.39 is 14.8 Å². The van der Waals surface area contributed by atoms with E-state index in [0.717, 1.165) is 6.26 Å². The molecule has 0 spiro atoms. The summed E-state index contributed by atoms with van der Waals surface area (Å²) in [6.07, 6.45) is 1.15. The maximum atomic E-state index is 11.0. The molecule has 1 aromatic heterocycles. The summed E-state index contributed by atoms with van der Waals surface area (Å²) < 4.78 is 21.9. The van der Waals surface area contributed by atoms with Gasteiger partial charge in [0.1, 0.15) is 9.84 Å². The number of rotatable bonds is 5. The summed E-state index contributed by atoms with van der Waals surface area (Å²) >= 11 is 0. The van der Waals surface area contributed by atoms with Gasteiger partial charge in [-0.2, -0.15) is 0 Å². The van der Waals surface area contributed by atoms with E-state index in [9.17, 15) is 18.5 Å². The predicted molar refractivity (Wildman–Crippen MR) is 70.9 cm³/mol. The lowest BCUT2D eigenvalue weighted by atomic mass is 10.3. The van der Waals surface area contributed by atoms with Crippen LogP contribution in [0.4, 0.5) is 11.6 Å². The lowest BCUT2D eigenvalue weighted by molar-refractivity contribution is -0.384. The van der Waals surface area contributed by atoms with Gasteiger partial charge in [0, 0.05) is 24.9 Å². The van der Waals surface area contributed by atoms with Crippen molar-refractivity contribution < 1.29 is 13.3 Å². The Morgan fingerprint density at radius 1 is 1.47 bits per heavy atom. The molecule has 0 aliphatic heterocycles. The quantitative estimate of drug-likeness (QED) is 0.622. The van der Waals surface area contributed by atoms with Gasteiger partial charge in [0.2, 0.25) is 5.95 Å². The molecule has 2 rings (SSSR count). The van der Waals surface area contributed by atoms with Crippen molar-refractivity contribution in [3.05, 3.63) is 28.3 Å². The maximum absolute atomic E-state index is 11.0. The summed E-state index contributed by atoms with van der Waals surface area (Å²) in [5.41, 5.74) is 1.07. The molecule has 0 atom stereocenters. The average molecular weight is 284 g/mol. The molecule has 0 aliphatic rings. The van der Waals surface area contributed by atoms with Crippen LogP contribution in [-0.4, -0.2) is 41.9 Å². The van der Waals surface area contributed by atoms with Crippen LogP contribution in [0.15, 0.2) is 18.2 Å². The molecule has 0 fully saturated rings. The number of hydrogen-bond donors (Lipinski definition) is 2. The Kier molecular flexibility index (Phi) is 3.38. The van der Waals surface area contributed by atoms with Gasteiger partial charge in [-0.1, -0.05) is 0 Å². The number of nitro groups is 1. The number of nitrogens with one attached hydrogen (secondary N) is 2. The molecule has 2 aromatic rings. The van der Waals surface area contributed by atoms with E-state index in [1.165, 1.54) is 18.2 Å². The van der Waals surface area contributed by atoms with Gasteiger partial charge in [-0.3, -0.25) is 10.1 Å². The molecule has 0 amide bonds. The van der Waals surface area contributed by atoms with E-state index in [0.29, 0.717) is 17.0 Å². The summed E-state index contributed by atoms with van der Waals surface area (Å²) in [6, 6.07) is 4.28. The van der Waals surface area contributed by atoms with Crippen molar-refractivity contribution in [3.63, 3.8) is 0 Å². The highest BCUT2D eigenvalue weighted by atomic mass is 32.2. The number of fused-ring (bicyclic) bond motifs is 1. The van der Waals surface area contributed by atoms with Crippen molar-refractivity contribution in [2.24, 2.45) is 0 Å². The third-order valence-corrected chi connectivity index (χ3v) is 3.39. The van der Waals surface area contributed by atoms with Gasteiger partial charge in [-0.25, -0.2) is 13.4 Å². The summed E-state index contributed by atoms with van der Waals surface area (Å²) in [6.45, 7) is 0.223. The highest BCUT2D eigenvalue weighted by Gasteiger charge is 2.09. The minimum Gasteiger partial charge on any atom is -0.355 e. The highest BCUT2D eigenvalue weighted by molar-refractivity contribution is 7.90. The molecule has 0 aliphatic carbocycles. The van der Waals surface area contributed by atoms with Crippen LogP contribution in [0.3, 0.4) is 0 Å². The number of imidazole rings is 1. The first-order valence-corrected chi connectivity index (χ1v) is 7.47. The zero-order valence-corrected chi connectivity index (χ0v) is 10.9. The number of benzene rings is 1. The molecule has 8 nitrogen and oxygen atoms in total. The zero-order valence-electron chi connectivity index (χ0n) is 10.1. The first kappa shape index (κ1) is 13.3. The van der Waals surface area contributed by atoms with Crippen LogP contribution in [0.5, 0.6) is 0 Å². The minimum atomic E-state index is -3.04. The molecule has 0 radical (unpaired) electrons. The van der Waals surface area contributed by atoms with Crippen LogP contribution in [0.25, 0.3) is 11.0 Å². The van der Waals surface area contributed by atoms with Crippen molar-refractivity contribution in [1.29, 1.82) is 0 Å². The van der Waals surface area contributed by atoms with Crippen molar-refractivity contribution >= 4 is 32.5 Å². The van der Waals surface area contributed by atoms with Crippen molar-refractivity contribution in [1.82, 2.24) is 9.97 Å². The van der Waals surface area contributed by atoms with Gasteiger partial charge < -0.3 is 10.3 Å². The number of non-ortho nitro benzene ring substituents is 1. The number of hydrogen-bond acceptors (Lipinski definition) is 6. The number of aromatic nitrogens is 2. The second-order valence-corrected chi connectivity index (χ2v) is 6.36. The lowest BCUT2D eigenvalue weighted by Gasteiger charge is -2.00. The fourth-order valence-corrected chi connectivity index (χ4v) is 2.02.